The van der Waals surface area contributed by atoms with E-state index in [0.717, 1.165) is 34.1 Å². The van der Waals surface area contributed by atoms with Gasteiger partial charge in [0.25, 0.3) is 5.56 Å². The zero-order chi connectivity index (χ0) is 21.6. The van der Waals surface area contributed by atoms with E-state index in [1.165, 1.54) is 11.3 Å². The first-order valence-electron chi connectivity index (χ1n) is 10.3. The fourth-order valence-corrected chi connectivity index (χ4v) is 5.03. The molecule has 9 heteroatoms. The Labute approximate surface area is 188 Å². The summed E-state index contributed by atoms with van der Waals surface area (Å²) in [5, 5.41) is 12.0. The van der Waals surface area contributed by atoms with Crippen molar-refractivity contribution in [1.29, 1.82) is 0 Å². The molecule has 3 heterocycles. The zero-order valence-electron chi connectivity index (χ0n) is 17.3. The number of benzene rings is 1. The molecular weight excluding hydrogens is 432 g/mol. The van der Waals surface area contributed by atoms with Gasteiger partial charge in [-0.25, -0.2) is 0 Å². The van der Waals surface area contributed by atoms with Crippen molar-refractivity contribution >= 4 is 45.6 Å². The molecule has 0 aliphatic rings. The van der Waals surface area contributed by atoms with Crippen LogP contribution in [-0.4, -0.2) is 43.9 Å². The number of aromatic nitrogens is 4. The van der Waals surface area contributed by atoms with E-state index in [2.05, 4.69) is 10.2 Å². The zero-order valence-corrected chi connectivity index (χ0v) is 19.0. The van der Waals surface area contributed by atoms with Crippen LogP contribution in [0.1, 0.15) is 35.9 Å². The second-order valence-corrected chi connectivity index (χ2v) is 9.00. The SMILES string of the molecule is CCOCCCn1c(=O)c2ccccc2n2c(SCCCC(=O)c3cccs3)nnc12. The minimum Gasteiger partial charge on any atom is -0.382 e. The first-order chi connectivity index (χ1) is 15.2. The minimum absolute atomic E-state index is 0.0647. The number of aryl methyl sites for hydroxylation is 1. The lowest BCUT2D eigenvalue weighted by Crippen LogP contribution is -2.24. The van der Waals surface area contributed by atoms with Gasteiger partial charge in [0.15, 0.2) is 10.9 Å². The largest absolute Gasteiger partial charge is 0.382 e. The Bertz CT molecular complexity index is 1230. The van der Waals surface area contributed by atoms with Crippen molar-refractivity contribution in [2.75, 3.05) is 19.0 Å². The van der Waals surface area contributed by atoms with Gasteiger partial charge < -0.3 is 4.74 Å². The van der Waals surface area contributed by atoms with Gasteiger partial charge in [-0.05, 0) is 43.3 Å². The van der Waals surface area contributed by atoms with E-state index in [9.17, 15) is 9.59 Å². The van der Waals surface area contributed by atoms with Crippen molar-refractivity contribution in [3.05, 3.63) is 57.0 Å². The van der Waals surface area contributed by atoms with Crippen LogP contribution in [0.3, 0.4) is 0 Å². The van der Waals surface area contributed by atoms with Crippen molar-refractivity contribution < 1.29 is 9.53 Å². The summed E-state index contributed by atoms with van der Waals surface area (Å²) in [6, 6.07) is 11.3. The number of hydrogen-bond acceptors (Lipinski definition) is 7. The highest BCUT2D eigenvalue weighted by molar-refractivity contribution is 7.99. The monoisotopic (exact) mass is 456 g/mol. The predicted octanol–water partition coefficient (Wildman–Crippen LogP) is 4.29. The number of ether oxygens (including phenoxy) is 1. The van der Waals surface area contributed by atoms with Crippen LogP contribution in [0.15, 0.2) is 51.7 Å². The molecule has 7 nitrogen and oxygen atoms in total. The molecule has 0 bridgehead atoms. The Hall–Kier alpha value is -2.49. The number of ketones is 1. The molecule has 0 spiro atoms. The number of nitrogens with zero attached hydrogens (tertiary/aromatic N) is 4. The number of rotatable bonds is 11. The fourth-order valence-electron chi connectivity index (χ4n) is 3.45. The molecule has 4 aromatic rings. The average Bonchev–Trinajstić information content (AvgIpc) is 3.47. The van der Waals surface area contributed by atoms with Crippen LogP contribution in [0, 0.1) is 0 Å². The summed E-state index contributed by atoms with van der Waals surface area (Å²) in [5.41, 5.74) is 0.732. The molecule has 0 saturated heterocycles. The van der Waals surface area contributed by atoms with E-state index < -0.39 is 0 Å². The predicted molar refractivity (Wildman–Crippen MR) is 124 cm³/mol. The molecule has 0 unspecified atom stereocenters. The maximum atomic E-state index is 13.1. The normalized spacial score (nSPS) is 11.5. The highest BCUT2D eigenvalue weighted by Crippen LogP contribution is 2.23. The van der Waals surface area contributed by atoms with E-state index >= 15 is 0 Å². The second kappa shape index (κ2) is 10.2. The molecule has 0 aliphatic heterocycles. The Morgan fingerprint density at radius 3 is 2.84 bits per heavy atom. The smallest absolute Gasteiger partial charge is 0.262 e. The van der Waals surface area contributed by atoms with Crippen LogP contribution in [0.2, 0.25) is 0 Å². The van der Waals surface area contributed by atoms with Crippen molar-refractivity contribution in [3.8, 4) is 0 Å². The molecule has 4 rings (SSSR count). The molecular formula is C22H24N4O3S2. The Balaban J connectivity index is 1.56. The van der Waals surface area contributed by atoms with Gasteiger partial charge in [0.1, 0.15) is 0 Å². The third-order valence-corrected chi connectivity index (χ3v) is 6.85. The van der Waals surface area contributed by atoms with Crippen molar-refractivity contribution in [1.82, 2.24) is 19.2 Å². The molecule has 0 amide bonds. The van der Waals surface area contributed by atoms with Gasteiger partial charge in [-0.2, -0.15) is 0 Å². The summed E-state index contributed by atoms with van der Waals surface area (Å²) >= 11 is 3.04. The molecule has 1 aromatic carbocycles. The van der Waals surface area contributed by atoms with Crippen LogP contribution in [-0.2, 0) is 11.3 Å². The highest BCUT2D eigenvalue weighted by atomic mass is 32.2. The van der Waals surface area contributed by atoms with Crippen molar-refractivity contribution in [2.45, 2.75) is 37.9 Å². The highest BCUT2D eigenvalue weighted by Gasteiger charge is 2.16. The summed E-state index contributed by atoms with van der Waals surface area (Å²) in [6.07, 6.45) is 1.98. The van der Waals surface area contributed by atoms with Crippen LogP contribution < -0.4 is 5.56 Å². The Morgan fingerprint density at radius 1 is 1.16 bits per heavy atom. The van der Waals surface area contributed by atoms with Gasteiger partial charge in [-0.15, -0.1) is 21.5 Å². The first kappa shape index (κ1) is 21.7. The second-order valence-electron chi connectivity index (χ2n) is 6.99. The number of fused-ring (bicyclic) bond motifs is 3. The van der Waals surface area contributed by atoms with E-state index in [1.807, 2.05) is 53.1 Å². The molecule has 0 radical (unpaired) electrons. The fraction of sp³-hybridized carbons (Fsp3) is 0.364. The van der Waals surface area contributed by atoms with Crippen molar-refractivity contribution in [3.63, 3.8) is 0 Å². The summed E-state index contributed by atoms with van der Waals surface area (Å²) < 4.78 is 9.05. The molecule has 3 aromatic heterocycles. The maximum absolute atomic E-state index is 13.1. The van der Waals surface area contributed by atoms with Gasteiger partial charge in [0.05, 0.1) is 15.8 Å². The molecule has 0 fully saturated rings. The van der Waals surface area contributed by atoms with E-state index in [1.54, 1.807) is 16.3 Å². The lowest BCUT2D eigenvalue weighted by Gasteiger charge is -2.11. The standard InChI is InChI=1S/C22H24N4O3S2/c1-2-29-13-7-12-25-20(28)16-8-3-4-9-17(16)26-21(25)23-24-22(26)31-15-5-10-18(27)19-11-6-14-30-19/h3-4,6,8-9,11,14H,2,5,7,10,12-13,15H2,1H3. The third kappa shape index (κ3) is 4.73. The molecule has 0 N–H and O–H groups in total. The maximum Gasteiger partial charge on any atom is 0.262 e. The Kier molecular flexibility index (Phi) is 7.16. The summed E-state index contributed by atoms with van der Waals surface area (Å²) in [7, 11) is 0. The number of hydrogen-bond donors (Lipinski definition) is 0. The number of Topliss-reactive ketones (excluding diaryl/α,β-unsaturated/α-hetero) is 1. The number of para-hydroxylation sites is 1. The quantitative estimate of drug-likeness (QED) is 0.190. The van der Waals surface area contributed by atoms with Crippen LogP contribution in [0.25, 0.3) is 16.7 Å². The van der Waals surface area contributed by atoms with Crippen LogP contribution >= 0.6 is 23.1 Å². The minimum atomic E-state index is -0.0647. The lowest BCUT2D eigenvalue weighted by atomic mass is 10.2. The number of thioether (sulfide) groups is 1. The first-order valence-corrected chi connectivity index (χ1v) is 12.2. The topological polar surface area (TPSA) is 78.5 Å². The van der Waals surface area contributed by atoms with E-state index in [-0.39, 0.29) is 11.3 Å². The van der Waals surface area contributed by atoms with E-state index in [0.29, 0.717) is 37.3 Å². The average molecular weight is 457 g/mol. The number of thiophene rings is 1. The van der Waals surface area contributed by atoms with E-state index in [4.69, 9.17) is 4.74 Å². The molecule has 162 valence electrons. The Morgan fingerprint density at radius 2 is 2.03 bits per heavy atom. The number of carbonyl (C=O) groups is 1. The summed E-state index contributed by atoms with van der Waals surface area (Å²) in [4.78, 5) is 26.1. The summed E-state index contributed by atoms with van der Waals surface area (Å²) in [6.45, 7) is 3.72. The van der Waals surface area contributed by atoms with Crippen LogP contribution in [0.5, 0.6) is 0 Å². The molecule has 31 heavy (non-hydrogen) atoms. The lowest BCUT2D eigenvalue weighted by molar-refractivity contribution is 0.0986. The van der Waals surface area contributed by atoms with Crippen LogP contribution in [0.4, 0.5) is 0 Å². The van der Waals surface area contributed by atoms with Crippen molar-refractivity contribution in [2.24, 2.45) is 0 Å². The summed E-state index contributed by atoms with van der Waals surface area (Å²) in [5.74, 6) is 1.46. The van der Waals surface area contributed by atoms with Gasteiger partial charge in [-0.1, -0.05) is 30.0 Å². The molecule has 0 atom stereocenters. The third-order valence-electron chi connectivity index (χ3n) is 4.93. The van der Waals surface area contributed by atoms with Gasteiger partial charge in [-0.3, -0.25) is 18.6 Å². The molecule has 0 aliphatic carbocycles. The van der Waals surface area contributed by atoms with Gasteiger partial charge >= 0.3 is 0 Å². The molecule has 0 saturated carbocycles. The van der Waals surface area contributed by atoms with Gasteiger partial charge in [0.2, 0.25) is 5.78 Å². The number of carbonyl (C=O) groups excluding carboxylic acids is 1. The van der Waals surface area contributed by atoms with Gasteiger partial charge in [0, 0.05) is 31.9 Å².